The molecule has 1 aliphatic carbocycles. The molecule has 21 heavy (non-hydrogen) atoms. The summed E-state index contributed by atoms with van der Waals surface area (Å²) in [4.78, 5) is 24.9. The first-order chi connectivity index (χ1) is 10.0. The number of piperidine rings is 1. The van der Waals surface area contributed by atoms with E-state index >= 15 is 0 Å². The van der Waals surface area contributed by atoms with Gasteiger partial charge in [0.05, 0.1) is 18.6 Å². The van der Waals surface area contributed by atoms with Crippen LogP contribution in [0.1, 0.15) is 38.5 Å². The first-order valence-corrected chi connectivity index (χ1v) is 7.80. The predicted octanol–water partition coefficient (Wildman–Crippen LogP) is 0.858. The number of hydrogen-bond acceptors (Lipinski definition) is 4. The van der Waals surface area contributed by atoms with Crippen molar-refractivity contribution < 1.29 is 19.4 Å². The van der Waals surface area contributed by atoms with Gasteiger partial charge in [0.2, 0.25) is 5.91 Å². The van der Waals surface area contributed by atoms with Gasteiger partial charge in [-0.2, -0.15) is 0 Å². The molecule has 1 atom stereocenters. The van der Waals surface area contributed by atoms with Crippen LogP contribution in [-0.2, 0) is 14.3 Å². The Kier molecular flexibility index (Phi) is 5.58. The molecule has 1 amide bonds. The fraction of sp³-hybridized carbons (Fsp3) is 0.867. The number of likely N-dealkylation sites (tertiary alicyclic amines) is 1. The summed E-state index contributed by atoms with van der Waals surface area (Å²) in [6, 6.07) is 0. The summed E-state index contributed by atoms with van der Waals surface area (Å²) in [5.74, 6) is -0.313. The molecule has 1 aliphatic heterocycles. The van der Waals surface area contributed by atoms with Crippen LogP contribution < -0.4 is 5.32 Å². The molecule has 2 aliphatic rings. The standard InChI is InChI=1S/C15H26N2O4/c1-21-15(5-3-6-15)8-13(18)17-7-2-4-12(11-17)9-16-10-14(19)20/h12,16H,2-11H2,1H3,(H,19,20). The van der Waals surface area contributed by atoms with Crippen LogP contribution >= 0.6 is 0 Å². The number of hydrogen-bond donors (Lipinski definition) is 2. The van der Waals surface area contributed by atoms with Crippen molar-refractivity contribution >= 4 is 11.9 Å². The summed E-state index contributed by atoms with van der Waals surface area (Å²) in [5, 5.41) is 11.6. The van der Waals surface area contributed by atoms with Gasteiger partial charge in [-0.1, -0.05) is 0 Å². The smallest absolute Gasteiger partial charge is 0.317 e. The van der Waals surface area contributed by atoms with Crippen LogP contribution in [0.5, 0.6) is 0 Å². The highest BCUT2D eigenvalue weighted by atomic mass is 16.5. The van der Waals surface area contributed by atoms with E-state index in [1.165, 1.54) is 0 Å². The second kappa shape index (κ2) is 7.22. The molecule has 0 bridgehead atoms. The fourth-order valence-electron chi connectivity index (χ4n) is 3.25. The number of rotatable bonds is 7. The predicted molar refractivity (Wildman–Crippen MR) is 78.0 cm³/mol. The Bertz CT molecular complexity index is 376. The number of carboxylic acids is 1. The van der Waals surface area contributed by atoms with Gasteiger partial charge in [-0.15, -0.1) is 0 Å². The maximum atomic E-state index is 12.4. The molecule has 0 aromatic heterocycles. The van der Waals surface area contributed by atoms with Crippen molar-refractivity contribution in [1.82, 2.24) is 10.2 Å². The Balaban J connectivity index is 1.77. The highest BCUT2D eigenvalue weighted by Gasteiger charge is 2.40. The molecule has 2 rings (SSSR count). The maximum absolute atomic E-state index is 12.4. The van der Waals surface area contributed by atoms with Crippen molar-refractivity contribution in [2.75, 3.05) is 33.3 Å². The summed E-state index contributed by atoms with van der Waals surface area (Å²) in [7, 11) is 1.70. The van der Waals surface area contributed by atoms with Gasteiger partial charge < -0.3 is 20.1 Å². The van der Waals surface area contributed by atoms with E-state index < -0.39 is 5.97 Å². The van der Waals surface area contributed by atoms with Gasteiger partial charge in [0.15, 0.2) is 0 Å². The summed E-state index contributed by atoms with van der Waals surface area (Å²) >= 11 is 0. The minimum atomic E-state index is -0.842. The van der Waals surface area contributed by atoms with Crippen LogP contribution in [0.25, 0.3) is 0 Å². The highest BCUT2D eigenvalue weighted by molar-refractivity contribution is 5.77. The zero-order chi connectivity index (χ0) is 15.3. The number of nitrogens with zero attached hydrogens (tertiary/aromatic N) is 1. The Morgan fingerprint density at radius 3 is 2.71 bits per heavy atom. The first-order valence-electron chi connectivity index (χ1n) is 7.80. The third-order valence-corrected chi connectivity index (χ3v) is 4.75. The molecule has 6 nitrogen and oxygen atoms in total. The Morgan fingerprint density at radius 1 is 1.38 bits per heavy atom. The van der Waals surface area contributed by atoms with Gasteiger partial charge in [-0.3, -0.25) is 9.59 Å². The number of carbonyl (C=O) groups is 2. The molecule has 120 valence electrons. The quantitative estimate of drug-likeness (QED) is 0.729. The van der Waals surface area contributed by atoms with Crippen LogP contribution in [0.2, 0.25) is 0 Å². The monoisotopic (exact) mass is 298 g/mol. The number of carbonyl (C=O) groups excluding carboxylic acids is 1. The number of aliphatic carboxylic acids is 1. The average Bonchev–Trinajstić information content (AvgIpc) is 2.42. The lowest BCUT2D eigenvalue weighted by atomic mass is 9.77. The second-order valence-corrected chi connectivity index (χ2v) is 6.29. The van der Waals surface area contributed by atoms with Crippen molar-refractivity contribution in [1.29, 1.82) is 0 Å². The minimum Gasteiger partial charge on any atom is -0.480 e. The Labute approximate surface area is 125 Å². The van der Waals surface area contributed by atoms with Crippen LogP contribution in [0.4, 0.5) is 0 Å². The number of amides is 1. The zero-order valence-electron chi connectivity index (χ0n) is 12.8. The van der Waals surface area contributed by atoms with Crippen molar-refractivity contribution in [2.24, 2.45) is 5.92 Å². The molecule has 1 saturated heterocycles. The van der Waals surface area contributed by atoms with E-state index in [0.29, 0.717) is 18.9 Å². The maximum Gasteiger partial charge on any atom is 0.317 e. The van der Waals surface area contributed by atoms with E-state index in [1.807, 2.05) is 4.90 Å². The van der Waals surface area contributed by atoms with Crippen molar-refractivity contribution in [2.45, 2.75) is 44.1 Å². The summed E-state index contributed by atoms with van der Waals surface area (Å²) in [5.41, 5.74) is -0.217. The molecule has 0 spiro atoms. The van der Waals surface area contributed by atoms with Gasteiger partial charge in [0.25, 0.3) is 0 Å². The largest absolute Gasteiger partial charge is 0.480 e. The molecule has 0 aromatic rings. The molecular formula is C15H26N2O4. The molecule has 2 N–H and O–H groups in total. The lowest BCUT2D eigenvalue weighted by Gasteiger charge is -2.42. The third-order valence-electron chi connectivity index (χ3n) is 4.75. The first kappa shape index (κ1) is 16.2. The van der Waals surface area contributed by atoms with E-state index in [4.69, 9.17) is 9.84 Å². The van der Waals surface area contributed by atoms with Crippen LogP contribution in [0.15, 0.2) is 0 Å². The Morgan fingerprint density at radius 2 is 2.14 bits per heavy atom. The molecule has 6 heteroatoms. The topological polar surface area (TPSA) is 78.9 Å². The van der Waals surface area contributed by atoms with Gasteiger partial charge in [0, 0.05) is 26.7 Å². The van der Waals surface area contributed by atoms with E-state index in [2.05, 4.69) is 5.32 Å². The molecule has 1 saturated carbocycles. The number of methoxy groups -OCH3 is 1. The van der Waals surface area contributed by atoms with Gasteiger partial charge in [0.1, 0.15) is 0 Å². The zero-order valence-corrected chi connectivity index (χ0v) is 12.8. The summed E-state index contributed by atoms with van der Waals surface area (Å²) < 4.78 is 5.53. The van der Waals surface area contributed by atoms with E-state index in [9.17, 15) is 9.59 Å². The number of carboxylic acid groups (broad SMARTS) is 1. The summed E-state index contributed by atoms with van der Waals surface area (Å²) in [6.07, 6.45) is 5.62. The lowest BCUT2D eigenvalue weighted by Crippen LogP contribution is -2.48. The molecule has 0 aromatic carbocycles. The van der Waals surface area contributed by atoms with Crippen molar-refractivity contribution in [3.63, 3.8) is 0 Å². The normalized spacial score (nSPS) is 24.4. The molecule has 1 unspecified atom stereocenters. The van der Waals surface area contributed by atoms with Gasteiger partial charge >= 0.3 is 5.97 Å². The minimum absolute atomic E-state index is 0.0166. The van der Waals surface area contributed by atoms with Crippen molar-refractivity contribution in [3.05, 3.63) is 0 Å². The van der Waals surface area contributed by atoms with Crippen LogP contribution in [-0.4, -0.2) is 60.8 Å². The van der Waals surface area contributed by atoms with E-state index in [0.717, 1.165) is 45.2 Å². The van der Waals surface area contributed by atoms with E-state index in [1.54, 1.807) is 7.11 Å². The molecular weight excluding hydrogens is 272 g/mol. The van der Waals surface area contributed by atoms with E-state index in [-0.39, 0.29) is 18.1 Å². The highest BCUT2D eigenvalue weighted by Crippen LogP contribution is 2.38. The fourth-order valence-corrected chi connectivity index (χ4v) is 3.25. The average molecular weight is 298 g/mol. The SMILES string of the molecule is COC1(CC(=O)N2CCCC(CNCC(=O)O)C2)CCC1. The molecule has 1 heterocycles. The Hall–Kier alpha value is -1.14. The van der Waals surface area contributed by atoms with Crippen LogP contribution in [0, 0.1) is 5.92 Å². The number of nitrogens with one attached hydrogen (secondary N) is 1. The van der Waals surface area contributed by atoms with Crippen molar-refractivity contribution in [3.8, 4) is 0 Å². The van der Waals surface area contributed by atoms with Gasteiger partial charge in [-0.05, 0) is 38.0 Å². The molecule has 2 fully saturated rings. The van der Waals surface area contributed by atoms with Gasteiger partial charge in [-0.25, -0.2) is 0 Å². The number of ether oxygens (including phenoxy) is 1. The van der Waals surface area contributed by atoms with Crippen LogP contribution in [0.3, 0.4) is 0 Å². The summed E-state index contributed by atoms with van der Waals surface area (Å²) in [6.45, 7) is 2.18. The lowest BCUT2D eigenvalue weighted by molar-refractivity contribution is -0.146. The molecule has 0 radical (unpaired) electrons. The second-order valence-electron chi connectivity index (χ2n) is 6.29. The third kappa shape index (κ3) is 4.41.